The van der Waals surface area contributed by atoms with Gasteiger partial charge in [-0.15, -0.1) is 24.0 Å². The fourth-order valence-electron chi connectivity index (χ4n) is 2.29. The molecule has 1 aromatic rings. The van der Waals surface area contributed by atoms with Crippen LogP contribution in [0.1, 0.15) is 25.3 Å². The van der Waals surface area contributed by atoms with E-state index >= 15 is 0 Å². The summed E-state index contributed by atoms with van der Waals surface area (Å²) in [5, 5.41) is 7.74. The molecule has 2 heterocycles. The van der Waals surface area contributed by atoms with Crippen LogP contribution in [0.25, 0.3) is 0 Å². The van der Waals surface area contributed by atoms with Crippen molar-refractivity contribution in [3.8, 4) is 0 Å². The molecule has 1 aromatic heterocycles. The van der Waals surface area contributed by atoms with Crippen LogP contribution in [0.5, 0.6) is 0 Å². The average molecular weight is 379 g/mol. The molecule has 0 spiro atoms. The highest BCUT2D eigenvalue weighted by atomic mass is 127. The van der Waals surface area contributed by atoms with Gasteiger partial charge in [0.25, 0.3) is 0 Å². The van der Waals surface area contributed by atoms with E-state index in [0.29, 0.717) is 0 Å². The van der Waals surface area contributed by atoms with Gasteiger partial charge in [0.2, 0.25) is 0 Å². The minimum atomic E-state index is 0. The predicted octanol–water partition coefficient (Wildman–Crippen LogP) is 3.17. The summed E-state index contributed by atoms with van der Waals surface area (Å²) in [6.07, 6.45) is 2.62. The first kappa shape index (κ1) is 15.8. The van der Waals surface area contributed by atoms with Crippen LogP contribution in [0.3, 0.4) is 0 Å². The molecule has 18 heavy (non-hydrogen) atoms. The molecule has 0 amide bonds. The predicted molar refractivity (Wildman–Crippen MR) is 89.9 cm³/mol. The van der Waals surface area contributed by atoms with Crippen LogP contribution >= 0.6 is 35.3 Å². The summed E-state index contributed by atoms with van der Waals surface area (Å²) in [6.45, 7) is 5.45. The lowest BCUT2D eigenvalue weighted by Crippen LogP contribution is -2.45. The lowest BCUT2D eigenvalue weighted by Gasteiger charge is -2.33. The van der Waals surface area contributed by atoms with E-state index in [1.807, 2.05) is 7.05 Å². The zero-order chi connectivity index (χ0) is 12.1. The van der Waals surface area contributed by atoms with Crippen LogP contribution in [0.4, 0.5) is 0 Å². The largest absolute Gasteiger partial charge is 0.352 e. The topological polar surface area (TPSA) is 27.6 Å². The van der Waals surface area contributed by atoms with Gasteiger partial charge >= 0.3 is 0 Å². The van der Waals surface area contributed by atoms with Crippen LogP contribution in [0, 0.1) is 5.92 Å². The van der Waals surface area contributed by atoms with Crippen molar-refractivity contribution in [1.82, 2.24) is 10.2 Å². The van der Waals surface area contributed by atoms with Crippen LogP contribution in [0.15, 0.2) is 21.8 Å². The first-order valence-corrected chi connectivity index (χ1v) is 7.20. The molecule has 1 unspecified atom stereocenters. The third kappa shape index (κ3) is 4.42. The number of likely N-dealkylation sites (tertiary alicyclic amines) is 1. The van der Waals surface area contributed by atoms with Crippen molar-refractivity contribution in [3.63, 3.8) is 0 Å². The second-order valence-electron chi connectivity index (χ2n) is 4.73. The number of hydrogen-bond donors (Lipinski definition) is 1. The molecule has 3 nitrogen and oxygen atoms in total. The van der Waals surface area contributed by atoms with Crippen molar-refractivity contribution in [3.05, 3.63) is 22.4 Å². The van der Waals surface area contributed by atoms with E-state index < -0.39 is 0 Å². The summed E-state index contributed by atoms with van der Waals surface area (Å²) in [5.74, 6) is 1.83. The van der Waals surface area contributed by atoms with Gasteiger partial charge in [-0.2, -0.15) is 11.3 Å². The average Bonchev–Trinajstić information content (AvgIpc) is 2.83. The van der Waals surface area contributed by atoms with E-state index in [4.69, 9.17) is 0 Å². The van der Waals surface area contributed by atoms with Crippen LogP contribution in [-0.2, 0) is 6.54 Å². The lowest BCUT2D eigenvalue weighted by molar-refractivity contribution is 0.266. The Labute approximate surface area is 131 Å². The second kappa shape index (κ2) is 7.99. The monoisotopic (exact) mass is 379 g/mol. The van der Waals surface area contributed by atoms with Gasteiger partial charge in [0.1, 0.15) is 0 Å². The van der Waals surface area contributed by atoms with Gasteiger partial charge in [-0.1, -0.05) is 6.92 Å². The molecule has 2 rings (SSSR count). The van der Waals surface area contributed by atoms with Gasteiger partial charge in [0.05, 0.1) is 0 Å². The van der Waals surface area contributed by atoms with Crippen LogP contribution in [0.2, 0.25) is 0 Å². The Hall–Kier alpha value is -0.300. The number of rotatable bonds is 2. The molecule has 1 saturated heterocycles. The molecule has 1 N–H and O–H groups in total. The van der Waals surface area contributed by atoms with E-state index in [1.54, 1.807) is 11.3 Å². The standard InChI is InChI=1S/C13H21N3S.HI/c1-11-4-3-6-16(9-11)13(14-2)15-8-12-5-7-17-10-12;/h5,7,10-11H,3-4,6,8-9H2,1-2H3,(H,14,15);1H. The third-order valence-corrected chi connectivity index (χ3v) is 3.93. The maximum Gasteiger partial charge on any atom is 0.193 e. The highest BCUT2D eigenvalue weighted by Gasteiger charge is 2.18. The van der Waals surface area contributed by atoms with Gasteiger partial charge in [-0.25, -0.2) is 0 Å². The molecule has 1 atom stereocenters. The lowest BCUT2D eigenvalue weighted by atomic mass is 10.0. The minimum Gasteiger partial charge on any atom is -0.352 e. The van der Waals surface area contributed by atoms with Gasteiger partial charge in [-0.05, 0) is 41.1 Å². The number of guanidine groups is 1. The Morgan fingerprint density at radius 3 is 3.06 bits per heavy atom. The van der Waals surface area contributed by atoms with E-state index in [9.17, 15) is 0 Å². The zero-order valence-corrected chi connectivity index (χ0v) is 14.2. The third-order valence-electron chi connectivity index (χ3n) is 3.20. The summed E-state index contributed by atoms with van der Waals surface area (Å²) in [5.41, 5.74) is 1.33. The molecule has 0 radical (unpaired) electrons. The van der Waals surface area contributed by atoms with Crippen LogP contribution < -0.4 is 5.32 Å². The Morgan fingerprint density at radius 2 is 2.44 bits per heavy atom. The minimum absolute atomic E-state index is 0. The molecular weight excluding hydrogens is 357 g/mol. The Balaban J connectivity index is 0.00000162. The number of aliphatic imine (C=N–C) groups is 1. The van der Waals surface area contributed by atoms with Gasteiger partial charge in [0, 0.05) is 26.7 Å². The summed E-state index contributed by atoms with van der Waals surface area (Å²) in [4.78, 5) is 6.76. The van der Waals surface area contributed by atoms with Crippen molar-refractivity contribution in [1.29, 1.82) is 0 Å². The summed E-state index contributed by atoms with van der Waals surface area (Å²) in [6, 6.07) is 2.16. The molecular formula is C13H22IN3S. The number of piperidine rings is 1. The quantitative estimate of drug-likeness (QED) is 0.486. The fourth-order valence-corrected chi connectivity index (χ4v) is 2.96. The Kier molecular flexibility index (Phi) is 6.99. The van der Waals surface area contributed by atoms with E-state index in [1.165, 1.54) is 18.4 Å². The van der Waals surface area contributed by atoms with Gasteiger partial charge in [0.15, 0.2) is 5.96 Å². The van der Waals surface area contributed by atoms with Gasteiger partial charge in [-0.3, -0.25) is 4.99 Å². The van der Waals surface area contributed by atoms with Crippen molar-refractivity contribution in [2.24, 2.45) is 10.9 Å². The number of halogens is 1. The molecule has 1 aliphatic heterocycles. The number of nitrogens with zero attached hydrogens (tertiary/aromatic N) is 2. The molecule has 102 valence electrons. The maximum absolute atomic E-state index is 4.38. The number of nitrogens with one attached hydrogen (secondary N) is 1. The first-order chi connectivity index (χ1) is 8.29. The fraction of sp³-hybridized carbons (Fsp3) is 0.615. The van der Waals surface area contributed by atoms with Crippen molar-refractivity contribution in [2.45, 2.75) is 26.3 Å². The van der Waals surface area contributed by atoms with Crippen molar-refractivity contribution < 1.29 is 0 Å². The van der Waals surface area contributed by atoms with E-state index in [2.05, 4.69) is 39.0 Å². The number of hydrogen-bond acceptors (Lipinski definition) is 2. The SMILES string of the molecule is CN=C(NCc1ccsc1)N1CCCC(C)C1.I. The summed E-state index contributed by atoms with van der Waals surface area (Å²) in [7, 11) is 1.87. The first-order valence-electron chi connectivity index (χ1n) is 6.26. The molecule has 0 bridgehead atoms. The smallest absolute Gasteiger partial charge is 0.193 e. The highest BCUT2D eigenvalue weighted by Crippen LogP contribution is 2.15. The molecule has 5 heteroatoms. The molecule has 0 aromatic carbocycles. The van der Waals surface area contributed by atoms with E-state index in [0.717, 1.165) is 31.5 Å². The maximum atomic E-state index is 4.38. The molecule has 1 aliphatic rings. The summed E-state index contributed by atoms with van der Waals surface area (Å²) < 4.78 is 0. The van der Waals surface area contributed by atoms with Crippen molar-refractivity contribution >= 4 is 41.3 Å². The van der Waals surface area contributed by atoms with Crippen molar-refractivity contribution in [2.75, 3.05) is 20.1 Å². The van der Waals surface area contributed by atoms with Crippen LogP contribution in [-0.4, -0.2) is 31.0 Å². The second-order valence-corrected chi connectivity index (χ2v) is 5.51. The summed E-state index contributed by atoms with van der Waals surface area (Å²) >= 11 is 1.74. The molecule has 0 aliphatic carbocycles. The highest BCUT2D eigenvalue weighted by molar-refractivity contribution is 14.0. The normalized spacial score (nSPS) is 20.4. The molecule has 0 saturated carbocycles. The number of thiophene rings is 1. The Bertz CT molecular complexity index is 364. The Morgan fingerprint density at radius 1 is 1.61 bits per heavy atom. The zero-order valence-electron chi connectivity index (χ0n) is 11.1. The van der Waals surface area contributed by atoms with E-state index in [-0.39, 0.29) is 24.0 Å². The van der Waals surface area contributed by atoms with Gasteiger partial charge < -0.3 is 10.2 Å². The molecule has 1 fully saturated rings.